The molecule has 1 aromatic heterocycles. The molecule has 0 saturated carbocycles. The number of benzene rings is 6. The summed E-state index contributed by atoms with van der Waals surface area (Å²) in [6.45, 7) is 4.63. The first-order valence-corrected chi connectivity index (χ1v) is 15.4. The van der Waals surface area contributed by atoms with E-state index in [1.165, 1.54) is 27.8 Å². The van der Waals surface area contributed by atoms with E-state index in [0.29, 0.717) is 17.5 Å². The van der Waals surface area contributed by atoms with Gasteiger partial charge in [0.15, 0.2) is 17.5 Å². The highest BCUT2D eigenvalue weighted by Crippen LogP contribution is 2.49. The SMILES string of the molecule is CC1(C)c2ccccc2-c2cc(-c3ccc(-c4nc(-c5ccccc5)nc(-c5cccc(-c6ccccc6)c5)n4)cc3)ccc21. The van der Waals surface area contributed by atoms with E-state index in [4.69, 9.17) is 15.0 Å². The second kappa shape index (κ2) is 10.8. The van der Waals surface area contributed by atoms with Crippen molar-refractivity contribution >= 4 is 0 Å². The molecule has 0 N–H and O–H groups in total. The topological polar surface area (TPSA) is 38.7 Å². The zero-order valence-corrected chi connectivity index (χ0v) is 25.3. The molecule has 0 fully saturated rings. The Balaban J connectivity index is 1.19. The van der Waals surface area contributed by atoms with Crippen LogP contribution in [0.5, 0.6) is 0 Å². The summed E-state index contributed by atoms with van der Waals surface area (Å²) in [6.07, 6.45) is 0. The Morgan fingerprint density at radius 2 is 0.778 bits per heavy atom. The van der Waals surface area contributed by atoms with E-state index in [0.717, 1.165) is 33.4 Å². The second-order valence-electron chi connectivity index (χ2n) is 12.1. The van der Waals surface area contributed by atoms with E-state index in [9.17, 15) is 0 Å². The molecular formula is C42H31N3. The molecule has 1 heterocycles. The zero-order chi connectivity index (χ0) is 30.4. The number of hydrogen-bond donors (Lipinski definition) is 0. The predicted octanol–water partition coefficient (Wildman–Crippen LogP) is 10.5. The third kappa shape index (κ3) is 4.83. The molecule has 0 radical (unpaired) electrons. The first kappa shape index (κ1) is 26.9. The summed E-state index contributed by atoms with van der Waals surface area (Å²) in [5.41, 5.74) is 12.9. The molecule has 3 heteroatoms. The monoisotopic (exact) mass is 577 g/mol. The van der Waals surface area contributed by atoms with E-state index in [1.54, 1.807) is 0 Å². The summed E-state index contributed by atoms with van der Waals surface area (Å²) in [6, 6.07) is 53.2. The van der Waals surface area contributed by atoms with Crippen LogP contribution in [0.2, 0.25) is 0 Å². The van der Waals surface area contributed by atoms with E-state index in [-0.39, 0.29) is 5.41 Å². The molecule has 0 atom stereocenters. The lowest BCUT2D eigenvalue weighted by molar-refractivity contribution is 0.660. The van der Waals surface area contributed by atoms with Crippen molar-refractivity contribution < 1.29 is 0 Å². The predicted molar refractivity (Wildman–Crippen MR) is 185 cm³/mol. The molecule has 3 nitrogen and oxygen atoms in total. The van der Waals surface area contributed by atoms with Gasteiger partial charge in [0.05, 0.1) is 0 Å². The molecule has 0 unspecified atom stereocenters. The minimum absolute atomic E-state index is 0.00177. The van der Waals surface area contributed by atoms with Crippen LogP contribution < -0.4 is 0 Å². The first-order chi connectivity index (χ1) is 22.0. The van der Waals surface area contributed by atoms with Gasteiger partial charge in [0.2, 0.25) is 0 Å². The summed E-state index contributed by atoms with van der Waals surface area (Å²) in [7, 11) is 0. The molecule has 0 spiro atoms. The number of nitrogens with zero attached hydrogens (tertiary/aromatic N) is 3. The Bertz CT molecular complexity index is 2170. The van der Waals surface area contributed by atoms with E-state index < -0.39 is 0 Å². The molecule has 0 bridgehead atoms. The maximum absolute atomic E-state index is 5.00. The molecule has 0 saturated heterocycles. The average molecular weight is 578 g/mol. The van der Waals surface area contributed by atoms with Crippen molar-refractivity contribution in [1.82, 2.24) is 15.0 Å². The van der Waals surface area contributed by atoms with Crippen molar-refractivity contribution in [3.63, 3.8) is 0 Å². The molecule has 1 aliphatic carbocycles. The highest BCUT2D eigenvalue weighted by atomic mass is 15.0. The molecular weight excluding hydrogens is 546 g/mol. The second-order valence-corrected chi connectivity index (χ2v) is 12.1. The first-order valence-electron chi connectivity index (χ1n) is 15.4. The third-order valence-electron chi connectivity index (χ3n) is 8.96. The molecule has 7 aromatic rings. The van der Waals surface area contributed by atoms with Crippen LogP contribution in [0.1, 0.15) is 25.0 Å². The Morgan fingerprint density at radius 3 is 1.49 bits per heavy atom. The molecule has 1 aliphatic rings. The van der Waals surface area contributed by atoms with E-state index in [1.807, 2.05) is 36.4 Å². The van der Waals surface area contributed by atoms with Crippen LogP contribution in [0.3, 0.4) is 0 Å². The zero-order valence-electron chi connectivity index (χ0n) is 25.3. The highest BCUT2D eigenvalue weighted by Gasteiger charge is 2.35. The quantitative estimate of drug-likeness (QED) is 0.204. The summed E-state index contributed by atoms with van der Waals surface area (Å²) >= 11 is 0. The fraction of sp³-hybridized carbons (Fsp3) is 0.0714. The van der Waals surface area contributed by atoms with Crippen LogP contribution in [0, 0.1) is 0 Å². The minimum atomic E-state index is 0.00177. The van der Waals surface area contributed by atoms with Crippen molar-refractivity contribution in [2.24, 2.45) is 0 Å². The summed E-state index contributed by atoms with van der Waals surface area (Å²) < 4.78 is 0. The number of fused-ring (bicyclic) bond motifs is 3. The van der Waals surface area contributed by atoms with Crippen molar-refractivity contribution in [2.45, 2.75) is 19.3 Å². The number of aromatic nitrogens is 3. The lowest BCUT2D eigenvalue weighted by atomic mass is 9.82. The fourth-order valence-electron chi connectivity index (χ4n) is 6.53. The van der Waals surface area contributed by atoms with Gasteiger partial charge in [-0.3, -0.25) is 0 Å². The van der Waals surface area contributed by atoms with Crippen LogP contribution in [-0.4, -0.2) is 15.0 Å². The third-order valence-corrected chi connectivity index (χ3v) is 8.96. The van der Waals surface area contributed by atoms with E-state index >= 15 is 0 Å². The molecule has 45 heavy (non-hydrogen) atoms. The van der Waals surface area contributed by atoms with Gasteiger partial charge in [-0.05, 0) is 56.6 Å². The fourth-order valence-corrected chi connectivity index (χ4v) is 6.53. The molecule has 0 aliphatic heterocycles. The molecule has 6 aromatic carbocycles. The van der Waals surface area contributed by atoms with Crippen LogP contribution in [0.25, 0.3) is 67.5 Å². The van der Waals surface area contributed by atoms with Crippen LogP contribution >= 0.6 is 0 Å². The Hall–Kier alpha value is -5.67. The van der Waals surface area contributed by atoms with Gasteiger partial charge in [0.25, 0.3) is 0 Å². The average Bonchev–Trinajstić information content (AvgIpc) is 3.34. The summed E-state index contributed by atoms with van der Waals surface area (Å²) in [5.74, 6) is 1.96. The lowest BCUT2D eigenvalue weighted by Crippen LogP contribution is -2.14. The minimum Gasteiger partial charge on any atom is -0.208 e. The Labute approximate surface area is 264 Å². The van der Waals surface area contributed by atoms with Gasteiger partial charge in [-0.1, -0.05) is 153 Å². The Kier molecular flexibility index (Phi) is 6.46. The summed E-state index contributed by atoms with van der Waals surface area (Å²) in [4.78, 5) is 14.9. The maximum Gasteiger partial charge on any atom is 0.164 e. The van der Waals surface area contributed by atoms with Crippen LogP contribution in [0.4, 0.5) is 0 Å². The van der Waals surface area contributed by atoms with Crippen molar-refractivity contribution in [2.75, 3.05) is 0 Å². The normalized spacial score (nSPS) is 12.8. The van der Waals surface area contributed by atoms with Crippen molar-refractivity contribution in [3.8, 4) is 67.5 Å². The van der Waals surface area contributed by atoms with Crippen molar-refractivity contribution in [1.29, 1.82) is 0 Å². The van der Waals surface area contributed by atoms with Crippen molar-refractivity contribution in [3.05, 3.63) is 163 Å². The molecule has 0 amide bonds. The maximum atomic E-state index is 5.00. The molecule has 8 rings (SSSR count). The highest BCUT2D eigenvalue weighted by molar-refractivity contribution is 5.84. The van der Waals surface area contributed by atoms with E-state index in [2.05, 4.69) is 129 Å². The summed E-state index contributed by atoms with van der Waals surface area (Å²) in [5, 5.41) is 0. The van der Waals surface area contributed by atoms with Gasteiger partial charge < -0.3 is 0 Å². The molecule has 214 valence electrons. The van der Waals surface area contributed by atoms with Gasteiger partial charge in [-0.25, -0.2) is 15.0 Å². The van der Waals surface area contributed by atoms with Gasteiger partial charge >= 0.3 is 0 Å². The van der Waals surface area contributed by atoms with Gasteiger partial charge in [-0.15, -0.1) is 0 Å². The van der Waals surface area contributed by atoms with Crippen LogP contribution in [0.15, 0.2) is 152 Å². The number of rotatable bonds is 5. The smallest absolute Gasteiger partial charge is 0.164 e. The van der Waals surface area contributed by atoms with Gasteiger partial charge in [0.1, 0.15) is 0 Å². The van der Waals surface area contributed by atoms with Crippen LogP contribution in [-0.2, 0) is 5.41 Å². The largest absolute Gasteiger partial charge is 0.208 e. The number of hydrogen-bond acceptors (Lipinski definition) is 3. The van der Waals surface area contributed by atoms with Gasteiger partial charge in [0, 0.05) is 22.1 Å². The lowest BCUT2D eigenvalue weighted by Gasteiger charge is -2.21. The van der Waals surface area contributed by atoms with Gasteiger partial charge in [-0.2, -0.15) is 0 Å². The Morgan fingerprint density at radius 1 is 0.333 bits per heavy atom. The standard InChI is InChI=1S/C42H31N3/c1-42(2)37-19-10-9-18-35(37)36-27-33(24-25-38(36)42)29-20-22-31(23-21-29)40-43-39(30-14-7-4-8-15-30)44-41(45-40)34-17-11-16-32(26-34)28-12-5-3-6-13-28/h3-27H,1-2H3.